The van der Waals surface area contributed by atoms with E-state index in [0.717, 1.165) is 0 Å². The van der Waals surface area contributed by atoms with Gasteiger partial charge in [-0.05, 0) is 42.5 Å². The quantitative estimate of drug-likeness (QED) is 0.495. The third-order valence-corrected chi connectivity index (χ3v) is 4.68. The molecule has 5 nitrogen and oxygen atoms in total. The Labute approximate surface area is 171 Å². The molecule has 3 aromatic carbocycles. The van der Waals surface area contributed by atoms with Gasteiger partial charge in [0.1, 0.15) is 17.1 Å². The van der Waals surface area contributed by atoms with Crippen molar-refractivity contribution in [1.29, 1.82) is 0 Å². The minimum Gasteiger partial charge on any atom is -0.496 e. The van der Waals surface area contributed by atoms with Crippen LogP contribution in [-0.4, -0.2) is 13.0 Å². The van der Waals surface area contributed by atoms with Crippen molar-refractivity contribution in [3.63, 3.8) is 0 Å². The topological polar surface area (TPSA) is 68.5 Å². The van der Waals surface area contributed by atoms with Crippen LogP contribution in [0.2, 0.25) is 5.02 Å². The molecule has 1 amide bonds. The second-order valence-corrected chi connectivity index (χ2v) is 6.79. The summed E-state index contributed by atoms with van der Waals surface area (Å²) in [4.78, 5) is 25.0. The Morgan fingerprint density at radius 1 is 1.00 bits per heavy atom. The number of ether oxygens (including phenoxy) is 1. The number of benzene rings is 3. The molecule has 29 heavy (non-hydrogen) atoms. The summed E-state index contributed by atoms with van der Waals surface area (Å²) in [5.74, 6) is 0.675. The predicted molar refractivity (Wildman–Crippen MR) is 114 cm³/mol. The Balaban J connectivity index is 1.73. The van der Waals surface area contributed by atoms with Gasteiger partial charge in [-0.1, -0.05) is 29.8 Å². The van der Waals surface area contributed by atoms with Crippen LogP contribution in [0.15, 0.2) is 82.0 Å². The fourth-order valence-electron chi connectivity index (χ4n) is 3.05. The molecular weight excluding hydrogens is 390 g/mol. The molecule has 1 N–H and O–H groups in total. The Morgan fingerprint density at radius 3 is 2.62 bits per heavy atom. The highest BCUT2D eigenvalue weighted by molar-refractivity contribution is 6.31. The summed E-state index contributed by atoms with van der Waals surface area (Å²) in [6.45, 7) is 0. The van der Waals surface area contributed by atoms with Crippen LogP contribution in [0.5, 0.6) is 5.75 Å². The minimum absolute atomic E-state index is 0.181. The fourth-order valence-corrected chi connectivity index (χ4v) is 3.24. The minimum atomic E-state index is -0.310. The van der Waals surface area contributed by atoms with Crippen molar-refractivity contribution in [2.24, 2.45) is 0 Å². The number of carbonyl (C=O) groups excluding carboxylic acids is 1. The number of para-hydroxylation sites is 1. The normalized spacial score (nSPS) is 10.7. The van der Waals surface area contributed by atoms with E-state index >= 15 is 0 Å². The van der Waals surface area contributed by atoms with Crippen molar-refractivity contribution in [2.45, 2.75) is 0 Å². The largest absolute Gasteiger partial charge is 0.496 e. The van der Waals surface area contributed by atoms with E-state index in [9.17, 15) is 9.59 Å². The van der Waals surface area contributed by atoms with Crippen molar-refractivity contribution in [3.05, 3.63) is 93.6 Å². The number of fused-ring (bicyclic) bond motifs is 1. The van der Waals surface area contributed by atoms with Gasteiger partial charge in [0, 0.05) is 28.4 Å². The van der Waals surface area contributed by atoms with Crippen molar-refractivity contribution in [3.8, 4) is 17.1 Å². The van der Waals surface area contributed by atoms with Crippen LogP contribution < -0.4 is 15.5 Å². The van der Waals surface area contributed by atoms with Gasteiger partial charge in [-0.25, -0.2) is 0 Å². The highest BCUT2D eigenvalue weighted by atomic mass is 35.5. The van der Waals surface area contributed by atoms with Crippen LogP contribution in [-0.2, 0) is 0 Å². The molecule has 0 radical (unpaired) electrons. The Hall–Kier alpha value is -3.57. The van der Waals surface area contributed by atoms with E-state index in [1.807, 2.05) is 18.2 Å². The zero-order valence-electron chi connectivity index (χ0n) is 15.4. The van der Waals surface area contributed by atoms with Crippen LogP contribution in [0, 0.1) is 0 Å². The molecule has 0 spiro atoms. The van der Waals surface area contributed by atoms with Gasteiger partial charge in [0.05, 0.1) is 18.1 Å². The number of rotatable bonds is 4. The van der Waals surface area contributed by atoms with Crippen LogP contribution in [0.25, 0.3) is 22.3 Å². The first-order valence-electron chi connectivity index (χ1n) is 8.83. The molecule has 0 fully saturated rings. The van der Waals surface area contributed by atoms with Crippen LogP contribution >= 0.6 is 11.6 Å². The van der Waals surface area contributed by atoms with E-state index in [2.05, 4.69) is 5.32 Å². The second-order valence-electron chi connectivity index (χ2n) is 6.35. The Morgan fingerprint density at radius 2 is 1.83 bits per heavy atom. The van der Waals surface area contributed by atoms with Crippen LogP contribution in [0.3, 0.4) is 0 Å². The molecular formula is C23H16ClNO4. The van der Waals surface area contributed by atoms with Gasteiger partial charge in [-0.2, -0.15) is 0 Å². The summed E-state index contributed by atoms with van der Waals surface area (Å²) in [5.41, 5.74) is 1.79. The van der Waals surface area contributed by atoms with Gasteiger partial charge in [0.2, 0.25) is 0 Å². The highest BCUT2D eigenvalue weighted by Gasteiger charge is 2.13. The van der Waals surface area contributed by atoms with E-state index < -0.39 is 0 Å². The van der Waals surface area contributed by atoms with Crippen molar-refractivity contribution < 1.29 is 13.9 Å². The molecule has 0 bridgehead atoms. The fraction of sp³-hybridized carbons (Fsp3) is 0.0435. The number of nitrogens with one attached hydrogen (secondary N) is 1. The maximum absolute atomic E-state index is 12.6. The smallest absolute Gasteiger partial charge is 0.255 e. The van der Waals surface area contributed by atoms with Gasteiger partial charge in [-0.3, -0.25) is 9.59 Å². The lowest BCUT2D eigenvalue weighted by atomic mass is 10.1. The van der Waals surface area contributed by atoms with Gasteiger partial charge in [-0.15, -0.1) is 0 Å². The second kappa shape index (κ2) is 7.81. The van der Waals surface area contributed by atoms with E-state index in [1.165, 1.54) is 6.07 Å². The van der Waals surface area contributed by atoms with Crippen LogP contribution in [0.1, 0.15) is 10.4 Å². The lowest BCUT2D eigenvalue weighted by Gasteiger charge is -2.09. The van der Waals surface area contributed by atoms with Crippen molar-refractivity contribution >= 4 is 34.2 Å². The number of carbonyl (C=O) groups is 1. The maximum atomic E-state index is 12.6. The molecule has 0 saturated carbocycles. The molecule has 1 heterocycles. The molecule has 0 aliphatic rings. The molecule has 144 valence electrons. The van der Waals surface area contributed by atoms with Crippen molar-refractivity contribution in [1.82, 2.24) is 0 Å². The SMILES string of the molecule is COc1ccccc1-c1cc(=O)c2ccc(NC(=O)c3cccc(Cl)c3)cc2o1. The highest BCUT2D eigenvalue weighted by Crippen LogP contribution is 2.31. The van der Waals surface area contributed by atoms with Gasteiger partial charge in [0.15, 0.2) is 5.43 Å². The summed E-state index contributed by atoms with van der Waals surface area (Å²) < 4.78 is 11.3. The first kappa shape index (κ1) is 18.8. The average Bonchev–Trinajstić information content (AvgIpc) is 2.73. The molecule has 1 aromatic heterocycles. The number of hydrogen-bond acceptors (Lipinski definition) is 4. The summed E-state index contributed by atoms with van der Waals surface area (Å²) in [5, 5.41) is 3.69. The van der Waals surface area contributed by atoms with Gasteiger partial charge >= 0.3 is 0 Å². The third kappa shape index (κ3) is 3.86. The Bertz CT molecular complexity index is 1280. The Kier molecular flexibility index (Phi) is 5.06. The molecule has 0 atom stereocenters. The van der Waals surface area contributed by atoms with E-state index in [-0.39, 0.29) is 11.3 Å². The molecule has 6 heteroatoms. The third-order valence-electron chi connectivity index (χ3n) is 4.45. The summed E-state index contributed by atoms with van der Waals surface area (Å²) in [6.07, 6.45) is 0. The predicted octanol–water partition coefficient (Wildman–Crippen LogP) is 5.37. The number of methoxy groups -OCH3 is 1. The zero-order valence-corrected chi connectivity index (χ0v) is 16.2. The van der Waals surface area contributed by atoms with Crippen LogP contribution in [0.4, 0.5) is 5.69 Å². The lowest BCUT2D eigenvalue weighted by Crippen LogP contribution is -2.12. The number of anilines is 1. The monoisotopic (exact) mass is 405 g/mol. The number of hydrogen-bond donors (Lipinski definition) is 1. The van der Waals surface area contributed by atoms with Gasteiger partial charge in [0.25, 0.3) is 5.91 Å². The number of amides is 1. The number of halogens is 1. The summed E-state index contributed by atoms with van der Waals surface area (Å²) in [6, 6.07) is 20.3. The molecule has 0 aliphatic heterocycles. The lowest BCUT2D eigenvalue weighted by molar-refractivity contribution is 0.102. The first-order chi connectivity index (χ1) is 14.0. The zero-order chi connectivity index (χ0) is 20.4. The average molecular weight is 406 g/mol. The molecule has 0 saturated heterocycles. The van der Waals surface area contributed by atoms with E-state index in [0.29, 0.717) is 44.3 Å². The molecule has 0 unspecified atom stereocenters. The van der Waals surface area contributed by atoms with E-state index in [4.69, 9.17) is 20.8 Å². The molecule has 0 aliphatic carbocycles. The molecule has 4 aromatic rings. The molecule has 4 rings (SSSR count). The first-order valence-corrected chi connectivity index (χ1v) is 9.21. The summed E-state index contributed by atoms with van der Waals surface area (Å²) in [7, 11) is 1.56. The van der Waals surface area contributed by atoms with Gasteiger partial charge < -0.3 is 14.5 Å². The maximum Gasteiger partial charge on any atom is 0.255 e. The van der Waals surface area contributed by atoms with Crippen molar-refractivity contribution in [2.75, 3.05) is 12.4 Å². The van der Waals surface area contributed by atoms with E-state index in [1.54, 1.807) is 55.6 Å². The summed E-state index contributed by atoms with van der Waals surface area (Å²) >= 11 is 5.95. The standard InChI is InChI=1S/C23H16ClNO4/c1-28-20-8-3-2-7-18(20)22-13-19(26)17-10-9-16(12-21(17)29-22)25-23(27)14-5-4-6-15(24)11-14/h2-13H,1H3,(H,25,27).